The van der Waals surface area contributed by atoms with Gasteiger partial charge in [-0.3, -0.25) is 9.59 Å². The third kappa shape index (κ3) is 3.82. The minimum atomic E-state index is -0.396. The van der Waals surface area contributed by atoms with Crippen LogP contribution in [0.5, 0.6) is 0 Å². The van der Waals surface area contributed by atoms with Gasteiger partial charge in [-0.15, -0.1) is 0 Å². The third-order valence-electron chi connectivity index (χ3n) is 3.80. The Morgan fingerprint density at radius 3 is 2.71 bits per heavy atom. The summed E-state index contributed by atoms with van der Waals surface area (Å²) in [5, 5.41) is 3.43. The standard InChI is InChI=1S/C17H13Br2ClN2O2/c18-11-4-5-15(14(19)7-11)21-17(24)10-6-16(23)22(9-10)13-3-1-2-12(20)8-13/h1-5,7-8,10H,6,9H2,(H,21,24)/t10-/m1/s1. The second kappa shape index (κ2) is 7.25. The van der Waals surface area contributed by atoms with Crippen LogP contribution < -0.4 is 10.2 Å². The van der Waals surface area contributed by atoms with E-state index >= 15 is 0 Å². The van der Waals surface area contributed by atoms with Crippen LogP contribution in [-0.2, 0) is 9.59 Å². The van der Waals surface area contributed by atoms with Crippen LogP contribution in [0, 0.1) is 5.92 Å². The Kier molecular flexibility index (Phi) is 5.27. The summed E-state index contributed by atoms with van der Waals surface area (Å²) in [4.78, 5) is 26.3. The first kappa shape index (κ1) is 17.5. The van der Waals surface area contributed by atoms with Gasteiger partial charge >= 0.3 is 0 Å². The fourth-order valence-corrected chi connectivity index (χ4v) is 3.93. The van der Waals surface area contributed by atoms with Crippen molar-refractivity contribution in [3.8, 4) is 0 Å². The molecule has 3 rings (SSSR count). The number of amides is 2. The molecule has 1 atom stereocenters. The molecule has 2 aromatic rings. The predicted molar refractivity (Wildman–Crippen MR) is 102 cm³/mol. The van der Waals surface area contributed by atoms with E-state index in [1.54, 1.807) is 29.2 Å². The third-order valence-corrected chi connectivity index (χ3v) is 5.19. The zero-order chi connectivity index (χ0) is 17.3. The number of rotatable bonds is 3. The first-order valence-corrected chi connectivity index (χ1v) is 9.22. The van der Waals surface area contributed by atoms with Crippen LogP contribution in [0.15, 0.2) is 51.4 Å². The van der Waals surface area contributed by atoms with Crippen molar-refractivity contribution in [2.24, 2.45) is 5.92 Å². The van der Waals surface area contributed by atoms with Gasteiger partial charge in [0.1, 0.15) is 0 Å². The minimum absolute atomic E-state index is 0.0766. The number of nitrogens with one attached hydrogen (secondary N) is 1. The fraction of sp³-hybridized carbons (Fsp3) is 0.176. The molecule has 1 heterocycles. The molecule has 124 valence electrons. The van der Waals surface area contributed by atoms with Gasteiger partial charge in [0.05, 0.1) is 11.6 Å². The molecule has 0 aromatic heterocycles. The molecule has 2 amide bonds. The number of carbonyl (C=O) groups excluding carboxylic acids is 2. The predicted octanol–water partition coefficient (Wildman–Crippen LogP) is 4.86. The monoisotopic (exact) mass is 470 g/mol. The van der Waals surface area contributed by atoms with E-state index in [-0.39, 0.29) is 18.2 Å². The van der Waals surface area contributed by atoms with Gasteiger partial charge in [-0.2, -0.15) is 0 Å². The second-order valence-electron chi connectivity index (χ2n) is 5.50. The summed E-state index contributed by atoms with van der Waals surface area (Å²) in [5.74, 6) is -0.643. The van der Waals surface area contributed by atoms with Crippen molar-refractivity contribution in [1.82, 2.24) is 0 Å². The highest BCUT2D eigenvalue weighted by atomic mass is 79.9. The van der Waals surface area contributed by atoms with Gasteiger partial charge < -0.3 is 10.2 Å². The van der Waals surface area contributed by atoms with Crippen molar-refractivity contribution in [2.45, 2.75) is 6.42 Å². The number of anilines is 2. The van der Waals surface area contributed by atoms with E-state index in [1.165, 1.54) is 0 Å². The molecule has 1 aliphatic rings. The highest BCUT2D eigenvalue weighted by Crippen LogP contribution is 2.30. The van der Waals surface area contributed by atoms with Crippen molar-refractivity contribution in [3.05, 3.63) is 56.4 Å². The molecule has 0 unspecified atom stereocenters. The van der Waals surface area contributed by atoms with Gasteiger partial charge in [0.2, 0.25) is 11.8 Å². The van der Waals surface area contributed by atoms with Crippen LogP contribution in [0.2, 0.25) is 5.02 Å². The maximum atomic E-state index is 12.5. The number of carbonyl (C=O) groups is 2. The summed E-state index contributed by atoms with van der Waals surface area (Å²) in [7, 11) is 0. The van der Waals surface area contributed by atoms with Crippen molar-refractivity contribution < 1.29 is 9.59 Å². The van der Waals surface area contributed by atoms with Gasteiger partial charge in [0.15, 0.2) is 0 Å². The molecule has 1 saturated heterocycles. The normalized spacial score (nSPS) is 17.2. The van der Waals surface area contributed by atoms with E-state index < -0.39 is 5.92 Å². The summed E-state index contributed by atoms with van der Waals surface area (Å²) in [5.41, 5.74) is 1.39. The van der Waals surface area contributed by atoms with E-state index in [4.69, 9.17) is 11.6 Å². The number of benzene rings is 2. The Balaban J connectivity index is 1.72. The Morgan fingerprint density at radius 1 is 1.21 bits per heavy atom. The Labute approximate surface area is 161 Å². The van der Waals surface area contributed by atoms with Crippen LogP contribution in [0.4, 0.5) is 11.4 Å². The number of hydrogen-bond acceptors (Lipinski definition) is 2. The topological polar surface area (TPSA) is 49.4 Å². The molecule has 24 heavy (non-hydrogen) atoms. The number of hydrogen-bond donors (Lipinski definition) is 1. The van der Waals surface area contributed by atoms with E-state index in [0.717, 1.165) is 8.95 Å². The van der Waals surface area contributed by atoms with E-state index in [1.807, 2.05) is 18.2 Å². The minimum Gasteiger partial charge on any atom is -0.325 e. The second-order valence-corrected chi connectivity index (χ2v) is 7.71. The molecule has 4 nitrogen and oxygen atoms in total. The van der Waals surface area contributed by atoms with E-state index in [0.29, 0.717) is 22.9 Å². The SMILES string of the molecule is O=C(Nc1ccc(Br)cc1Br)[C@@H]1CC(=O)N(c2cccc(Cl)c2)C1. The molecular weight excluding hydrogens is 459 g/mol. The van der Waals surface area contributed by atoms with Gasteiger partial charge in [-0.1, -0.05) is 33.6 Å². The van der Waals surface area contributed by atoms with Crippen molar-refractivity contribution in [2.75, 3.05) is 16.8 Å². The highest BCUT2D eigenvalue weighted by molar-refractivity contribution is 9.11. The first-order chi connectivity index (χ1) is 11.4. The van der Waals surface area contributed by atoms with Gasteiger partial charge in [-0.25, -0.2) is 0 Å². The van der Waals surface area contributed by atoms with E-state index in [9.17, 15) is 9.59 Å². The van der Waals surface area contributed by atoms with Crippen LogP contribution in [0.3, 0.4) is 0 Å². The molecule has 7 heteroatoms. The smallest absolute Gasteiger partial charge is 0.229 e. The van der Waals surface area contributed by atoms with Gasteiger partial charge in [-0.05, 0) is 52.3 Å². The molecule has 1 aliphatic heterocycles. The summed E-state index contributed by atoms with van der Waals surface area (Å²) in [6.07, 6.45) is 0.187. The van der Waals surface area contributed by atoms with E-state index in [2.05, 4.69) is 37.2 Å². The Morgan fingerprint density at radius 2 is 2.00 bits per heavy atom. The lowest BCUT2D eigenvalue weighted by Crippen LogP contribution is -2.28. The first-order valence-electron chi connectivity index (χ1n) is 7.26. The fourth-order valence-electron chi connectivity index (χ4n) is 2.60. The zero-order valence-corrected chi connectivity index (χ0v) is 16.4. The van der Waals surface area contributed by atoms with Gasteiger partial charge in [0.25, 0.3) is 0 Å². The lowest BCUT2D eigenvalue weighted by Gasteiger charge is -2.17. The molecule has 1 N–H and O–H groups in total. The molecular formula is C17H13Br2ClN2O2. The molecule has 0 aliphatic carbocycles. The number of nitrogens with zero attached hydrogens (tertiary/aromatic N) is 1. The lowest BCUT2D eigenvalue weighted by atomic mass is 10.1. The lowest BCUT2D eigenvalue weighted by molar-refractivity contribution is -0.122. The van der Waals surface area contributed by atoms with Crippen LogP contribution >= 0.6 is 43.5 Å². The molecule has 0 saturated carbocycles. The highest BCUT2D eigenvalue weighted by Gasteiger charge is 2.35. The van der Waals surface area contributed by atoms with Crippen LogP contribution in [0.1, 0.15) is 6.42 Å². The molecule has 2 aromatic carbocycles. The molecule has 0 bridgehead atoms. The largest absolute Gasteiger partial charge is 0.325 e. The average Bonchev–Trinajstić information content (AvgIpc) is 2.92. The summed E-state index contributed by atoms with van der Waals surface area (Å²) in [6.45, 7) is 0.346. The quantitative estimate of drug-likeness (QED) is 0.694. The van der Waals surface area contributed by atoms with Crippen molar-refractivity contribution in [3.63, 3.8) is 0 Å². The van der Waals surface area contributed by atoms with Crippen molar-refractivity contribution >= 4 is 66.6 Å². The van der Waals surface area contributed by atoms with Crippen molar-refractivity contribution in [1.29, 1.82) is 0 Å². The Hall–Kier alpha value is -1.37. The maximum absolute atomic E-state index is 12.5. The zero-order valence-electron chi connectivity index (χ0n) is 12.4. The summed E-state index contributed by atoms with van der Waals surface area (Å²) in [6, 6.07) is 12.6. The average molecular weight is 473 g/mol. The van der Waals surface area contributed by atoms with Gasteiger partial charge in [0, 0.05) is 32.6 Å². The summed E-state index contributed by atoms with van der Waals surface area (Å²) < 4.78 is 1.69. The number of halogens is 3. The van der Waals surface area contributed by atoms with Crippen LogP contribution in [0.25, 0.3) is 0 Å². The summed E-state index contributed by atoms with van der Waals surface area (Å²) >= 11 is 12.8. The molecule has 0 spiro atoms. The van der Waals surface area contributed by atoms with Crippen LogP contribution in [-0.4, -0.2) is 18.4 Å². The molecule has 0 radical (unpaired) electrons. The Bertz CT molecular complexity index is 813. The molecule has 1 fully saturated rings. The maximum Gasteiger partial charge on any atom is 0.229 e.